The average molecular weight is 423 g/mol. The van der Waals surface area contributed by atoms with E-state index in [-0.39, 0.29) is 11.8 Å². The lowest BCUT2D eigenvalue weighted by Crippen LogP contribution is -2.33. The molecule has 0 saturated heterocycles. The average Bonchev–Trinajstić information content (AvgIpc) is 2.77. The number of carbonyl (C=O) groups is 2. The summed E-state index contributed by atoms with van der Waals surface area (Å²) in [4.78, 5) is 27.6. The molecule has 1 N–H and O–H groups in total. The Bertz CT molecular complexity index is 1020. The number of benzene rings is 3. The molecule has 0 aromatic heterocycles. The maximum atomic E-state index is 13.2. The van der Waals surface area contributed by atoms with E-state index < -0.39 is 6.10 Å². The molecule has 3 rings (SSSR count). The predicted molar refractivity (Wildman–Crippen MR) is 120 cm³/mol. The number of amides is 2. The van der Waals surface area contributed by atoms with Gasteiger partial charge in [0.2, 0.25) is 0 Å². The summed E-state index contributed by atoms with van der Waals surface area (Å²) in [6, 6.07) is 23.3. The molecule has 0 aliphatic carbocycles. The van der Waals surface area contributed by atoms with Gasteiger partial charge >= 0.3 is 0 Å². The first-order valence-electron chi connectivity index (χ1n) is 9.69. The zero-order chi connectivity index (χ0) is 21.5. The molecule has 3 aromatic carbocycles. The first kappa shape index (κ1) is 21.4. The van der Waals surface area contributed by atoms with E-state index in [2.05, 4.69) is 5.32 Å². The molecular formula is C24H23ClN2O3. The number of nitrogens with one attached hydrogen (secondary N) is 1. The summed E-state index contributed by atoms with van der Waals surface area (Å²) in [5.74, 6) is -0.149. The third kappa shape index (κ3) is 4.99. The molecule has 1 atom stereocenters. The van der Waals surface area contributed by atoms with Crippen molar-refractivity contribution in [2.24, 2.45) is 0 Å². The van der Waals surface area contributed by atoms with Crippen LogP contribution in [0, 0.1) is 0 Å². The molecule has 0 radical (unpaired) electrons. The quantitative estimate of drug-likeness (QED) is 0.553. The Balaban J connectivity index is 1.78. The fourth-order valence-electron chi connectivity index (χ4n) is 2.99. The summed E-state index contributed by atoms with van der Waals surface area (Å²) in [6.45, 7) is 4.04. The van der Waals surface area contributed by atoms with Crippen LogP contribution in [0.1, 0.15) is 24.2 Å². The summed E-state index contributed by atoms with van der Waals surface area (Å²) < 4.78 is 5.68. The molecule has 2 amide bonds. The van der Waals surface area contributed by atoms with Crippen LogP contribution in [-0.4, -0.2) is 24.5 Å². The highest BCUT2D eigenvalue weighted by Crippen LogP contribution is 2.25. The number of rotatable bonds is 7. The van der Waals surface area contributed by atoms with E-state index in [0.717, 1.165) is 5.69 Å². The van der Waals surface area contributed by atoms with Crippen LogP contribution in [0.25, 0.3) is 0 Å². The molecule has 0 aliphatic rings. The van der Waals surface area contributed by atoms with E-state index in [1.54, 1.807) is 60.4 Å². The Hall–Kier alpha value is -3.31. The molecule has 1 unspecified atom stereocenters. The van der Waals surface area contributed by atoms with Crippen LogP contribution in [0.2, 0.25) is 5.02 Å². The molecular weight excluding hydrogens is 400 g/mol. The molecule has 0 aliphatic heterocycles. The van der Waals surface area contributed by atoms with Crippen molar-refractivity contribution >= 4 is 34.8 Å². The van der Waals surface area contributed by atoms with Gasteiger partial charge in [-0.15, -0.1) is 0 Å². The molecule has 5 nitrogen and oxygen atoms in total. The maximum absolute atomic E-state index is 13.2. The highest BCUT2D eigenvalue weighted by atomic mass is 35.5. The molecule has 3 aromatic rings. The smallest absolute Gasteiger partial charge is 0.265 e. The van der Waals surface area contributed by atoms with Crippen molar-refractivity contribution < 1.29 is 14.3 Å². The Morgan fingerprint density at radius 2 is 1.60 bits per heavy atom. The molecule has 0 saturated carbocycles. The number of ether oxygens (including phenoxy) is 1. The predicted octanol–water partition coefficient (Wildman–Crippen LogP) is 5.41. The van der Waals surface area contributed by atoms with Gasteiger partial charge in [-0.1, -0.05) is 54.1 Å². The maximum Gasteiger partial charge on any atom is 0.265 e. The fraction of sp³-hybridized carbons (Fsp3) is 0.167. The summed E-state index contributed by atoms with van der Waals surface area (Å²) in [5.41, 5.74) is 1.62. The van der Waals surface area contributed by atoms with Gasteiger partial charge in [0.15, 0.2) is 6.10 Å². The molecule has 0 fully saturated rings. The van der Waals surface area contributed by atoms with E-state index in [1.165, 1.54) is 0 Å². The minimum Gasteiger partial charge on any atom is -0.479 e. The van der Waals surface area contributed by atoms with Crippen LogP contribution in [0.3, 0.4) is 0 Å². The zero-order valence-electron chi connectivity index (χ0n) is 16.8. The van der Waals surface area contributed by atoms with Crippen molar-refractivity contribution in [3.05, 3.63) is 89.4 Å². The van der Waals surface area contributed by atoms with Crippen LogP contribution in [0.15, 0.2) is 78.9 Å². The number of hydrogen-bond acceptors (Lipinski definition) is 3. The van der Waals surface area contributed by atoms with Crippen LogP contribution in [0.5, 0.6) is 5.75 Å². The zero-order valence-corrected chi connectivity index (χ0v) is 17.6. The lowest BCUT2D eigenvalue weighted by molar-refractivity contribution is -0.122. The first-order valence-corrected chi connectivity index (χ1v) is 10.1. The van der Waals surface area contributed by atoms with Crippen LogP contribution in [-0.2, 0) is 4.79 Å². The summed E-state index contributed by atoms with van der Waals surface area (Å²) in [6.07, 6.45) is -0.801. The largest absolute Gasteiger partial charge is 0.479 e. The van der Waals surface area contributed by atoms with E-state index >= 15 is 0 Å². The number of para-hydroxylation sites is 3. The third-order valence-corrected chi connectivity index (χ3v) is 4.87. The van der Waals surface area contributed by atoms with Crippen molar-refractivity contribution in [2.45, 2.75) is 20.0 Å². The highest BCUT2D eigenvalue weighted by Gasteiger charge is 2.22. The number of nitrogens with zero attached hydrogens (tertiary/aromatic N) is 1. The number of carbonyl (C=O) groups excluding carboxylic acids is 2. The lowest BCUT2D eigenvalue weighted by Gasteiger charge is -2.23. The second kappa shape index (κ2) is 9.94. The Kier molecular flexibility index (Phi) is 7.09. The fourth-order valence-corrected chi connectivity index (χ4v) is 3.17. The van der Waals surface area contributed by atoms with Gasteiger partial charge in [0.05, 0.1) is 16.3 Å². The summed E-state index contributed by atoms with van der Waals surface area (Å²) in [7, 11) is 0. The standard InChI is InChI=1S/C24H23ClN2O3/c1-3-27(18-11-5-4-6-12-18)24(29)19-13-7-9-15-21(19)26-23(28)17(2)30-22-16-10-8-14-20(22)25/h4-17H,3H2,1-2H3,(H,26,28). The van der Waals surface area contributed by atoms with Gasteiger partial charge in [0.1, 0.15) is 5.75 Å². The van der Waals surface area contributed by atoms with Crippen molar-refractivity contribution in [3.63, 3.8) is 0 Å². The van der Waals surface area contributed by atoms with Crippen molar-refractivity contribution in [3.8, 4) is 5.75 Å². The molecule has 0 bridgehead atoms. The SMILES string of the molecule is CCN(C(=O)c1ccccc1NC(=O)C(C)Oc1ccccc1Cl)c1ccccc1. The summed E-state index contributed by atoms with van der Waals surface area (Å²) in [5, 5.41) is 3.23. The highest BCUT2D eigenvalue weighted by molar-refractivity contribution is 6.32. The van der Waals surface area contributed by atoms with E-state index in [9.17, 15) is 9.59 Å². The van der Waals surface area contributed by atoms with Gasteiger partial charge < -0.3 is 15.0 Å². The minimum atomic E-state index is -0.801. The molecule has 154 valence electrons. The van der Waals surface area contributed by atoms with Crippen molar-refractivity contribution in [2.75, 3.05) is 16.8 Å². The second-order valence-electron chi connectivity index (χ2n) is 6.61. The second-order valence-corrected chi connectivity index (χ2v) is 7.02. The lowest BCUT2D eigenvalue weighted by atomic mass is 10.1. The molecule has 0 spiro atoms. The van der Waals surface area contributed by atoms with Gasteiger partial charge in [0.25, 0.3) is 11.8 Å². The number of hydrogen-bond donors (Lipinski definition) is 1. The van der Waals surface area contributed by atoms with E-state index in [0.29, 0.717) is 28.6 Å². The number of anilines is 2. The Morgan fingerprint density at radius 1 is 0.967 bits per heavy atom. The van der Waals surface area contributed by atoms with E-state index in [4.69, 9.17) is 16.3 Å². The van der Waals surface area contributed by atoms with Crippen LogP contribution in [0.4, 0.5) is 11.4 Å². The molecule has 6 heteroatoms. The van der Waals surface area contributed by atoms with Gasteiger partial charge in [-0.05, 0) is 50.2 Å². The minimum absolute atomic E-state index is 0.195. The van der Waals surface area contributed by atoms with Gasteiger partial charge in [-0.2, -0.15) is 0 Å². The topological polar surface area (TPSA) is 58.6 Å². The third-order valence-electron chi connectivity index (χ3n) is 4.55. The first-order chi connectivity index (χ1) is 14.5. The van der Waals surface area contributed by atoms with Gasteiger partial charge in [-0.25, -0.2) is 0 Å². The van der Waals surface area contributed by atoms with Gasteiger partial charge in [-0.3, -0.25) is 9.59 Å². The van der Waals surface area contributed by atoms with E-state index in [1.807, 2.05) is 37.3 Å². The normalized spacial score (nSPS) is 11.4. The Labute approximate surface area is 181 Å². The molecule has 0 heterocycles. The monoisotopic (exact) mass is 422 g/mol. The van der Waals surface area contributed by atoms with Crippen LogP contribution < -0.4 is 15.0 Å². The Morgan fingerprint density at radius 3 is 2.30 bits per heavy atom. The molecule has 30 heavy (non-hydrogen) atoms. The summed E-state index contributed by atoms with van der Waals surface area (Å²) >= 11 is 6.10. The number of halogens is 1. The van der Waals surface area contributed by atoms with Crippen LogP contribution >= 0.6 is 11.6 Å². The van der Waals surface area contributed by atoms with Crippen molar-refractivity contribution in [1.82, 2.24) is 0 Å². The van der Waals surface area contributed by atoms with Gasteiger partial charge in [0, 0.05) is 12.2 Å². The van der Waals surface area contributed by atoms with Crippen molar-refractivity contribution in [1.29, 1.82) is 0 Å².